The van der Waals surface area contributed by atoms with Crippen molar-refractivity contribution in [2.45, 2.75) is 6.92 Å². The van der Waals surface area contributed by atoms with E-state index in [1.807, 2.05) is 0 Å². The number of aryl methyl sites for hydroxylation is 1. The van der Waals surface area contributed by atoms with Crippen LogP contribution in [-0.4, -0.2) is 32.5 Å². The highest BCUT2D eigenvalue weighted by Gasteiger charge is 2.11. The molecule has 0 heterocycles. The Hall–Kier alpha value is -1.68. The van der Waals surface area contributed by atoms with Crippen LogP contribution in [0.4, 0.5) is 0 Å². The fourth-order valence-electron chi connectivity index (χ4n) is 1.44. The number of esters is 1. The Bertz CT molecular complexity index is 413. The van der Waals surface area contributed by atoms with Crippen LogP contribution in [0.15, 0.2) is 18.2 Å². The van der Waals surface area contributed by atoms with Gasteiger partial charge in [-0.2, -0.15) is 0 Å². The molecule has 0 atom stereocenters. The maximum Gasteiger partial charge on any atom is 0.338 e. The quantitative estimate of drug-likeness (QED) is 0.613. The first-order valence-corrected chi connectivity index (χ1v) is 4.97. The Morgan fingerprint density at radius 2 is 2.06 bits per heavy atom. The molecule has 16 heavy (non-hydrogen) atoms. The summed E-state index contributed by atoms with van der Waals surface area (Å²) >= 11 is 0. The lowest BCUT2D eigenvalue weighted by Gasteiger charge is -2.06. The topological polar surface area (TPSA) is 55.4 Å². The molecule has 86 valence electrons. The van der Waals surface area contributed by atoms with Crippen LogP contribution in [0.1, 0.15) is 26.3 Å². The van der Waals surface area contributed by atoms with Gasteiger partial charge in [0, 0.05) is 5.56 Å². The number of methoxy groups -OCH3 is 1. The van der Waals surface area contributed by atoms with Crippen molar-refractivity contribution in [2.75, 3.05) is 20.7 Å². The van der Waals surface area contributed by atoms with E-state index in [9.17, 15) is 9.59 Å². The zero-order chi connectivity index (χ0) is 12.1. The fourth-order valence-corrected chi connectivity index (χ4v) is 1.44. The maximum atomic E-state index is 11.6. The van der Waals surface area contributed by atoms with Gasteiger partial charge in [-0.15, -0.1) is 0 Å². The zero-order valence-electron chi connectivity index (χ0n) is 9.66. The summed E-state index contributed by atoms with van der Waals surface area (Å²) in [7, 11) is 3.05. The Kier molecular flexibility index (Phi) is 4.19. The number of hydrogen-bond donors (Lipinski definition) is 1. The molecular formula is C12H15NO3. The molecule has 4 heteroatoms. The van der Waals surface area contributed by atoms with E-state index in [2.05, 4.69) is 10.1 Å². The van der Waals surface area contributed by atoms with Crippen LogP contribution in [0.25, 0.3) is 0 Å². The minimum Gasteiger partial charge on any atom is -0.465 e. The van der Waals surface area contributed by atoms with Gasteiger partial charge < -0.3 is 10.1 Å². The summed E-state index contributed by atoms with van der Waals surface area (Å²) in [5, 5.41) is 2.79. The molecule has 0 aliphatic heterocycles. The number of nitrogens with one attached hydrogen (secondary N) is 1. The molecule has 4 nitrogen and oxygen atoms in total. The maximum absolute atomic E-state index is 11.6. The van der Waals surface area contributed by atoms with E-state index >= 15 is 0 Å². The van der Waals surface area contributed by atoms with E-state index in [1.165, 1.54) is 7.11 Å². The largest absolute Gasteiger partial charge is 0.465 e. The molecule has 0 aromatic heterocycles. The van der Waals surface area contributed by atoms with Gasteiger partial charge in [0.2, 0.25) is 0 Å². The van der Waals surface area contributed by atoms with Crippen molar-refractivity contribution in [3.63, 3.8) is 0 Å². The van der Waals surface area contributed by atoms with Crippen LogP contribution in [0.2, 0.25) is 0 Å². The third-order valence-electron chi connectivity index (χ3n) is 2.29. The fraction of sp³-hybridized carbons (Fsp3) is 0.333. The number of Topliss-reactive ketones (excluding diaryl/α,β-unsaturated/α-hetero) is 1. The first kappa shape index (κ1) is 12.4. The number of rotatable bonds is 4. The van der Waals surface area contributed by atoms with Crippen molar-refractivity contribution < 1.29 is 14.3 Å². The van der Waals surface area contributed by atoms with E-state index < -0.39 is 0 Å². The van der Waals surface area contributed by atoms with Crippen LogP contribution in [0, 0.1) is 6.92 Å². The highest BCUT2D eigenvalue weighted by molar-refractivity contribution is 5.99. The first-order valence-electron chi connectivity index (χ1n) is 4.97. The molecule has 0 bridgehead atoms. The van der Waals surface area contributed by atoms with Crippen molar-refractivity contribution in [1.29, 1.82) is 0 Å². The van der Waals surface area contributed by atoms with Crippen molar-refractivity contribution in [2.24, 2.45) is 0 Å². The van der Waals surface area contributed by atoms with Crippen LogP contribution in [0.5, 0.6) is 0 Å². The van der Waals surface area contributed by atoms with Gasteiger partial charge >= 0.3 is 5.97 Å². The van der Waals surface area contributed by atoms with E-state index in [-0.39, 0.29) is 18.3 Å². The van der Waals surface area contributed by atoms with Crippen LogP contribution in [0.3, 0.4) is 0 Å². The van der Waals surface area contributed by atoms with Gasteiger partial charge in [0.1, 0.15) is 0 Å². The number of carbonyl (C=O) groups is 2. The molecule has 0 unspecified atom stereocenters. The minimum atomic E-state index is -0.384. The molecule has 0 amide bonds. The molecule has 0 spiro atoms. The van der Waals surface area contributed by atoms with E-state index in [0.717, 1.165) is 5.56 Å². The Balaban J connectivity index is 2.99. The number of carbonyl (C=O) groups excluding carboxylic acids is 2. The minimum absolute atomic E-state index is 0.00187. The van der Waals surface area contributed by atoms with Gasteiger partial charge in [-0.1, -0.05) is 6.07 Å². The molecule has 0 aliphatic rings. The molecule has 0 saturated heterocycles. The molecule has 1 aromatic carbocycles. The van der Waals surface area contributed by atoms with Gasteiger partial charge in [-0.3, -0.25) is 4.79 Å². The lowest BCUT2D eigenvalue weighted by molar-refractivity contribution is 0.0599. The number of likely N-dealkylation sites (N-methyl/N-ethyl adjacent to an activating group) is 1. The summed E-state index contributed by atoms with van der Waals surface area (Å²) in [6.45, 7) is 2.07. The number of ether oxygens (including phenoxy) is 1. The molecule has 0 aliphatic carbocycles. The normalized spacial score (nSPS) is 9.94. The Labute approximate surface area is 94.6 Å². The lowest BCUT2D eigenvalue weighted by Crippen LogP contribution is -2.18. The van der Waals surface area contributed by atoms with Crippen molar-refractivity contribution in [3.8, 4) is 0 Å². The van der Waals surface area contributed by atoms with Crippen molar-refractivity contribution in [1.82, 2.24) is 5.32 Å². The molecule has 0 saturated carbocycles. The van der Waals surface area contributed by atoms with Crippen LogP contribution >= 0.6 is 0 Å². The molecular weight excluding hydrogens is 206 g/mol. The van der Waals surface area contributed by atoms with Gasteiger partial charge in [0.05, 0.1) is 19.2 Å². The highest BCUT2D eigenvalue weighted by Crippen LogP contribution is 2.12. The third-order valence-corrected chi connectivity index (χ3v) is 2.29. The van der Waals surface area contributed by atoms with Gasteiger partial charge in [-0.05, 0) is 31.7 Å². The molecule has 1 N–H and O–H groups in total. The van der Waals surface area contributed by atoms with Gasteiger partial charge in [0.25, 0.3) is 0 Å². The molecule has 0 radical (unpaired) electrons. The predicted molar refractivity (Wildman–Crippen MR) is 60.8 cm³/mol. The van der Waals surface area contributed by atoms with E-state index in [4.69, 9.17) is 0 Å². The summed E-state index contributed by atoms with van der Waals surface area (Å²) in [5.74, 6) is -0.382. The molecule has 1 aromatic rings. The second-order valence-corrected chi connectivity index (χ2v) is 3.47. The lowest BCUT2D eigenvalue weighted by atomic mass is 10.0. The van der Waals surface area contributed by atoms with Gasteiger partial charge in [0.15, 0.2) is 5.78 Å². The number of ketones is 1. The Morgan fingerprint density at radius 3 is 2.56 bits per heavy atom. The third kappa shape index (κ3) is 2.67. The molecule has 0 fully saturated rings. The summed E-state index contributed by atoms with van der Waals surface area (Å²) in [6, 6.07) is 4.95. The number of hydrogen-bond acceptors (Lipinski definition) is 4. The average molecular weight is 221 g/mol. The van der Waals surface area contributed by atoms with Crippen LogP contribution in [-0.2, 0) is 4.74 Å². The summed E-state index contributed by atoms with van der Waals surface area (Å²) < 4.78 is 4.63. The van der Waals surface area contributed by atoms with Gasteiger partial charge in [-0.25, -0.2) is 4.79 Å². The smallest absolute Gasteiger partial charge is 0.338 e. The summed E-state index contributed by atoms with van der Waals surface area (Å²) in [5.41, 5.74) is 1.83. The average Bonchev–Trinajstić information content (AvgIpc) is 2.28. The van der Waals surface area contributed by atoms with Crippen molar-refractivity contribution >= 4 is 11.8 Å². The van der Waals surface area contributed by atoms with E-state index in [1.54, 1.807) is 32.2 Å². The summed E-state index contributed by atoms with van der Waals surface area (Å²) in [4.78, 5) is 22.9. The zero-order valence-corrected chi connectivity index (χ0v) is 9.66. The predicted octanol–water partition coefficient (Wildman–Crippen LogP) is 1.18. The molecule has 1 rings (SSSR count). The second kappa shape index (κ2) is 5.42. The van der Waals surface area contributed by atoms with Crippen molar-refractivity contribution in [3.05, 3.63) is 34.9 Å². The number of benzene rings is 1. The SMILES string of the molecule is CNCC(=O)c1ccc(C(=O)OC)c(C)c1. The second-order valence-electron chi connectivity index (χ2n) is 3.47. The summed E-state index contributed by atoms with van der Waals surface area (Å²) in [6.07, 6.45) is 0. The van der Waals surface area contributed by atoms with Crippen LogP contribution < -0.4 is 5.32 Å². The van der Waals surface area contributed by atoms with E-state index in [0.29, 0.717) is 11.1 Å². The first-order chi connectivity index (χ1) is 7.60. The standard InChI is InChI=1S/C12H15NO3/c1-8-6-9(11(14)7-13-2)4-5-10(8)12(15)16-3/h4-6,13H,7H2,1-3H3. The monoisotopic (exact) mass is 221 g/mol. The Morgan fingerprint density at radius 1 is 1.38 bits per heavy atom. The highest BCUT2D eigenvalue weighted by atomic mass is 16.5.